The third-order valence-electron chi connectivity index (χ3n) is 3.07. The highest BCUT2D eigenvalue weighted by Crippen LogP contribution is 2.16. The lowest BCUT2D eigenvalue weighted by atomic mass is 10.3. The number of nitrogens with zero attached hydrogens (tertiary/aromatic N) is 2. The second-order valence-corrected chi connectivity index (χ2v) is 5.39. The van der Waals surface area contributed by atoms with Gasteiger partial charge in [0.05, 0.1) is 24.3 Å². The molecule has 0 unspecified atom stereocenters. The quantitative estimate of drug-likeness (QED) is 0.684. The smallest absolute Gasteiger partial charge is 0.268 e. The Morgan fingerprint density at radius 2 is 2.17 bits per heavy atom. The van der Waals surface area contributed by atoms with Gasteiger partial charge in [-0.1, -0.05) is 0 Å². The van der Waals surface area contributed by atoms with E-state index in [1.54, 1.807) is 0 Å². The van der Waals surface area contributed by atoms with E-state index < -0.39 is 12.2 Å². The summed E-state index contributed by atoms with van der Waals surface area (Å²) in [5, 5.41) is 20.7. The van der Waals surface area contributed by atoms with Crippen molar-refractivity contribution in [3.05, 3.63) is 27.6 Å². The maximum absolute atomic E-state index is 11.8. The fraction of sp³-hybridized carbons (Fsp3) is 0.455. The van der Waals surface area contributed by atoms with Crippen molar-refractivity contribution in [2.24, 2.45) is 0 Å². The third-order valence-corrected chi connectivity index (χ3v) is 3.97. The number of rotatable bonds is 2. The molecule has 96 valence electrons. The highest BCUT2D eigenvalue weighted by atomic mass is 32.1. The lowest BCUT2D eigenvalue weighted by Gasteiger charge is -2.13. The number of likely N-dealkylation sites (tertiary alicyclic amines) is 1. The summed E-state index contributed by atoms with van der Waals surface area (Å²) in [5.41, 5.74) is 0.560. The topological polar surface area (TPSA) is 89.5 Å². The molecule has 0 amide bonds. The second kappa shape index (κ2) is 4.43. The fourth-order valence-electron chi connectivity index (χ4n) is 2.18. The van der Waals surface area contributed by atoms with Crippen molar-refractivity contribution in [1.29, 1.82) is 0 Å². The predicted octanol–water partition coefficient (Wildman–Crippen LogP) is -0.478. The second-order valence-electron chi connectivity index (χ2n) is 4.48. The molecule has 2 aromatic rings. The van der Waals surface area contributed by atoms with E-state index >= 15 is 0 Å². The van der Waals surface area contributed by atoms with Gasteiger partial charge in [-0.25, -0.2) is 4.98 Å². The van der Waals surface area contributed by atoms with Crippen molar-refractivity contribution < 1.29 is 10.2 Å². The Bertz CT molecular complexity index is 613. The van der Waals surface area contributed by atoms with Gasteiger partial charge in [-0.15, -0.1) is 11.3 Å². The molecule has 0 bridgehead atoms. The maximum atomic E-state index is 11.8. The first kappa shape index (κ1) is 11.8. The molecule has 3 rings (SSSR count). The number of aliphatic hydroxyl groups is 2. The number of aromatic nitrogens is 2. The van der Waals surface area contributed by atoms with E-state index in [0.29, 0.717) is 35.7 Å². The number of aliphatic hydroxyl groups excluding tert-OH is 2. The van der Waals surface area contributed by atoms with Crippen LogP contribution < -0.4 is 5.56 Å². The molecule has 1 saturated heterocycles. The molecule has 2 aromatic heterocycles. The molecule has 0 aliphatic carbocycles. The summed E-state index contributed by atoms with van der Waals surface area (Å²) < 4.78 is 0.625. The summed E-state index contributed by atoms with van der Waals surface area (Å²) in [4.78, 5) is 20.7. The molecular formula is C11H13N3O3S. The highest BCUT2D eigenvalue weighted by Gasteiger charge is 2.29. The minimum Gasteiger partial charge on any atom is -0.389 e. The average Bonchev–Trinajstić information content (AvgIpc) is 2.87. The fourth-order valence-corrected chi connectivity index (χ4v) is 2.91. The third kappa shape index (κ3) is 2.05. The van der Waals surface area contributed by atoms with Crippen LogP contribution in [0.3, 0.4) is 0 Å². The normalized spacial score (nSPS) is 25.0. The van der Waals surface area contributed by atoms with Crippen LogP contribution in [0.5, 0.6) is 0 Å². The van der Waals surface area contributed by atoms with E-state index in [-0.39, 0.29) is 5.56 Å². The molecule has 3 N–H and O–H groups in total. The first-order chi connectivity index (χ1) is 8.63. The number of hydrogen-bond donors (Lipinski definition) is 3. The van der Waals surface area contributed by atoms with Crippen LogP contribution in [-0.4, -0.2) is 50.4 Å². The molecule has 1 aliphatic heterocycles. The molecule has 1 aliphatic rings. The number of nitrogens with one attached hydrogen (secondary N) is 1. The Kier molecular flexibility index (Phi) is 2.90. The standard InChI is InChI=1S/C11H13N3O3S/c15-7-3-14(4-8(7)16)5-9-12-6-1-2-18-10(6)11(17)13-9/h1-2,7-8,15-16H,3-5H2,(H,12,13,17)/t7-,8+. The van der Waals surface area contributed by atoms with Gasteiger partial charge in [0, 0.05) is 13.1 Å². The van der Waals surface area contributed by atoms with Crippen molar-refractivity contribution >= 4 is 21.6 Å². The minimum atomic E-state index is -0.721. The number of aromatic amines is 1. The number of thiophene rings is 1. The van der Waals surface area contributed by atoms with E-state index in [9.17, 15) is 15.0 Å². The molecule has 0 saturated carbocycles. The Morgan fingerprint density at radius 3 is 2.89 bits per heavy atom. The van der Waals surface area contributed by atoms with Gasteiger partial charge in [-0.05, 0) is 11.4 Å². The summed E-state index contributed by atoms with van der Waals surface area (Å²) in [6.45, 7) is 1.22. The molecule has 0 spiro atoms. The van der Waals surface area contributed by atoms with Crippen LogP contribution in [0.15, 0.2) is 16.2 Å². The van der Waals surface area contributed by atoms with E-state index in [4.69, 9.17) is 0 Å². The number of fused-ring (bicyclic) bond motifs is 1. The molecule has 7 heteroatoms. The van der Waals surface area contributed by atoms with E-state index in [0.717, 1.165) is 0 Å². The number of H-pyrrole nitrogens is 1. The van der Waals surface area contributed by atoms with Crippen LogP contribution >= 0.6 is 11.3 Å². The average molecular weight is 267 g/mol. The lowest BCUT2D eigenvalue weighted by molar-refractivity contribution is 0.0572. The van der Waals surface area contributed by atoms with Crippen LogP contribution in [0.2, 0.25) is 0 Å². The summed E-state index contributed by atoms with van der Waals surface area (Å²) in [7, 11) is 0. The molecule has 0 radical (unpaired) electrons. The Labute approximate surface area is 107 Å². The van der Waals surface area contributed by atoms with Crippen molar-refractivity contribution in [2.75, 3.05) is 13.1 Å². The maximum Gasteiger partial charge on any atom is 0.268 e. The lowest BCUT2D eigenvalue weighted by Crippen LogP contribution is -2.24. The van der Waals surface area contributed by atoms with E-state index in [1.165, 1.54) is 11.3 Å². The monoisotopic (exact) mass is 267 g/mol. The Morgan fingerprint density at radius 1 is 1.44 bits per heavy atom. The zero-order valence-electron chi connectivity index (χ0n) is 9.54. The van der Waals surface area contributed by atoms with Gasteiger partial charge in [0.2, 0.25) is 0 Å². The highest BCUT2D eigenvalue weighted by molar-refractivity contribution is 7.17. The minimum absolute atomic E-state index is 0.134. The van der Waals surface area contributed by atoms with Crippen LogP contribution in [0.1, 0.15) is 5.82 Å². The van der Waals surface area contributed by atoms with Gasteiger partial charge < -0.3 is 15.2 Å². The van der Waals surface area contributed by atoms with E-state index in [2.05, 4.69) is 9.97 Å². The summed E-state index contributed by atoms with van der Waals surface area (Å²) in [5.74, 6) is 0.562. The molecular weight excluding hydrogens is 254 g/mol. The predicted molar refractivity (Wildman–Crippen MR) is 67.5 cm³/mol. The van der Waals surface area contributed by atoms with Crippen molar-refractivity contribution in [1.82, 2.24) is 14.9 Å². The van der Waals surface area contributed by atoms with Gasteiger partial charge in [-0.3, -0.25) is 9.69 Å². The van der Waals surface area contributed by atoms with Crippen LogP contribution in [0.4, 0.5) is 0 Å². The molecule has 6 nitrogen and oxygen atoms in total. The molecule has 2 atom stereocenters. The summed E-state index contributed by atoms with van der Waals surface area (Å²) in [6, 6.07) is 1.81. The van der Waals surface area contributed by atoms with Crippen LogP contribution in [0, 0.1) is 0 Å². The SMILES string of the molecule is O=c1[nH]c(CN2C[C@@H](O)[C@@H](O)C2)nc2ccsc12. The van der Waals surface area contributed by atoms with Crippen molar-refractivity contribution in [3.8, 4) is 0 Å². The zero-order chi connectivity index (χ0) is 12.7. The molecule has 3 heterocycles. The molecule has 18 heavy (non-hydrogen) atoms. The van der Waals surface area contributed by atoms with Crippen molar-refractivity contribution in [2.45, 2.75) is 18.8 Å². The van der Waals surface area contributed by atoms with E-state index in [1.807, 2.05) is 16.3 Å². The zero-order valence-corrected chi connectivity index (χ0v) is 10.4. The first-order valence-corrected chi connectivity index (χ1v) is 6.56. The van der Waals surface area contributed by atoms with Gasteiger partial charge in [-0.2, -0.15) is 0 Å². The van der Waals surface area contributed by atoms with Crippen LogP contribution in [0.25, 0.3) is 10.2 Å². The largest absolute Gasteiger partial charge is 0.389 e. The molecule has 0 aromatic carbocycles. The van der Waals surface area contributed by atoms with Crippen LogP contribution in [-0.2, 0) is 6.54 Å². The van der Waals surface area contributed by atoms with Gasteiger partial charge in [0.25, 0.3) is 5.56 Å². The Balaban J connectivity index is 1.85. The van der Waals surface area contributed by atoms with Crippen molar-refractivity contribution in [3.63, 3.8) is 0 Å². The summed E-state index contributed by atoms with van der Waals surface area (Å²) in [6.07, 6.45) is -1.44. The van der Waals surface area contributed by atoms with Gasteiger partial charge in [0.1, 0.15) is 10.5 Å². The van der Waals surface area contributed by atoms with Gasteiger partial charge in [0.15, 0.2) is 0 Å². The first-order valence-electron chi connectivity index (χ1n) is 5.68. The number of β-amino-alcohol motifs (C(OH)–C–C–N with tert-alkyl or cyclic N) is 2. The van der Waals surface area contributed by atoms with Gasteiger partial charge >= 0.3 is 0 Å². The Hall–Kier alpha value is -1.28. The summed E-state index contributed by atoms with van der Waals surface area (Å²) >= 11 is 1.37. The molecule has 1 fully saturated rings. The number of hydrogen-bond acceptors (Lipinski definition) is 6.